The Kier molecular flexibility index (Phi) is 3.03. The Bertz CT molecular complexity index is 548. The van der Waals surface area contributed by atoms with E-state index >= 15 is 0 Å². The van der Waals surface area contributed by atoms with E-state index < -0.39 is 6.10 Å². The van der Waals surface area contributed by atoms with Crippen molar-refractivity contribution in [2.45, 2.75) is 12.6 Å². The predicted molar refractivity (Wildman–Crippen MR) is 63.3 cm³/mol. The molecule has 1 heterocycles. The Morgan fingerprint density at radius 1 is 1.25 bits per heavy atom. The summed E-state index contributed by atoms with van der Waals surface area (Å²) in [5.74, 6) is 0. The van der Waals surface area contributed by atoms with Gasteiger partial charge >= 0.3 is 0 Å². The SMILES string of the molecule is NCC(O)Cn1c(=O)ccc2ccccc21. The first-order valence-corrected chi connectivity index (χ1v) is 5.19. The summed E-state index contributed by atoms with van der Waals surface area (Å²) in [6, 6.07) is 10.9. The number of para-hydroxylation sites is 1. The van der Waals surface area contributed by atoms with Crippen LogP contribution < -0.4 is 11.3 Å². The fourth-order valence-electron chi connectivity index (χ4n) is 1.72. The zero-order chi connectivity index (χ0) is 11.5. The molecule has 1 atom stereocenters. The Hall–Kier alpha value is -1.65. The lowest BCUT2D eigenvalue weighted by Gasteiger charge is -2.13. The molecule has 0 fully saturated rings. The molecule has 0 bridgehead atoms. The lowest BCUT2D eigenvalue weighted by atomic mass is 10.2. The van der Waals surface area contributed by atoms with Crippen molar-refractivity contribution in [3.05, 3.63) is 46.8 Å². The highest BCUT2D eigenvalue weighted by molar-refractivity contribution is 5.78. The average molecular weight is 218 g/mol. The normalized spacial score (nSPS) is 12.9. The Morgan fingerprint density at radius 3 is 2.75 bits per heavy atom. The van der Waals surface area contributed by atoms with E-state index in [0.29, 0.717) is 0 Å². The monoisotopic (exact) mass is 218 g/mol. The summed E-state index contributed by atoms with van der Waals surface area (Å²) >= 11 is 0. The van der Waals surface area contributed by atoms with Crippen molar-refractivity contribution in [2.75, 3.05) is 6.54 Å². The highest BCUT2D eigenvalue weighted by atomic mass is 16.3. The van der Waals surface area contributed by atoms with Gasteiger partial charge in [0, 0.05) is 12.6 Å². The molecule has 0 radical (unpaired) electrons. The molecule has 1 aromatic heterocycles. The minimum absolute atomic E-state index is 0.119. The molecule has 84 valence electrons. The molecule has 0 aliphatic rings. The number of nitrogens with two attached hydrogens (primary N) is 1. The van der Waals surface area contributed by atoms with Crippen LogP contribution in [0.25, 0.3) is 10.9 Å². The van der Waals surface area contributed by atoms with Crippen LogP contribution in [-0.2, 0) is 6.54 Å². The third-order valence-corrected chi connectivity index (χ3v) is 2.56. The Labute approximate surface area is 92.9 Å². The first-order valence-electron chi connectivity index (χ1n) is 5.19. The van der Waals surface area contributed by atoms with Gasteiger partial charge in [0.15, 0.2) is 0 Å². The summed E-state index contributed by atoms with van der Waals surface area (Å²) in [6.07, 6.45) is -0.691. The van der Waals surface area contributed by atoms with Gasteiger partial charge in [0.05, 0.1) is 18.2 Å². The first-order chi connectivity index (χ1) is 7.72. The standard InChI is InChI=1S/C12H14N2O2/c13-7-10(15)8-14-11-4-2-1-3-9(11)5-6-12(14)16/h1-6,10,15H,7-8,13H2. The van der Waals surface area contributed by atoms with Crippen molar-refractivity contribution in [3.63, 3.8) is 0 Å². The number of hydrogen-bond donors (Lipinski definition) is 2. The molecule has 2 aromatic rings. The van der Waals surface area contributed by atoms with Crippen LogP contribution >= 0.6 is 0 Å². The zero-order valence-electron chi connectivity index (χ0n) is 8.84. The minimum atomic E-state index is -0.691. The number of aliphatic hydroxyl groups excluding tert-OH is 1. The molecule has 4 heteroatoms. The highest BCUT2D eigenvalue weighted by Gasteiger charge is 2.07. The number of aromatic nitrogens is 1. The van der Waals surface area contributed by atoms with Crippen molar-refractivity contribution in [2.24, 2.45) is 5.73 Å². The van der Waals surface area contributed by atoms with Crippen molar-refractivity contribution >= 4 is 10.9 Å². The molecule has 0 aliphatic heterocycles. The molecule has 16 heavy (non-hydrogen) atoms. The van der Waals surface area contributed by atoms with Gasteiger partial charge in [-0.15, -0.1) is 0 Å². The second kappa shape index (κ2) is 4.47. The zero-order valence-corrected chi connectivity index (χ0v) is 8.84. The van der Waals surface area contributed by atoms with Crippen LogP contribution in [0.4, 0.5) is 0 Å². The molecular weight excluding hydrogens is 204 g/mol. The van der Waals surface area contributed by atoms with Crippen LogP contribution in [0.3, 0.4) is 0 Å². The Balaban J connectivity index is 2.57. The molecule has 0 amide bonds. The van der Waals surface area contributed by atoms with Crippen LogP contribution in [0, 0.1) is 0 Å². The van der Waals surface area contributed by atoms with Gasteiger partial charge in [0.25, 0.3) is 5.56 Å². The minimum Gasteiger partial charge on any atom is -0.390 e. The second-order valence-electron chi connectivity index (χ2n) is 3.73. The fourth-order valence-corrected chi connectivity index (χ4v) is 1.72. The van der Waals surface area contributed by atoms with Gasteiger partial charge in [0.2, 0.25) is 0 Å². The van der Waals surface area contributed by atoms with E-state index in [1.165, 1.54) is 6.07 Å². The molecule has 0 spiro atoms. The van der Waals surface area contributed by atoms with Gasteiger partial charge < -0.3 is 15.4 Å². The van der Waals surface area contributed by atoms with Gasteiger partial charge in [-0.3, -0.25) is 4.79 Å². The molecule has 1 unspecified atom stereocenters. The van der Waals surface area contributed by atoms with E-state index in [2.05, 4.69) is 0 Å². The lowest BCUT2D eigenvalue weighted by molar-refractivity contribution is 0.162. The van der Waals surface area contributed by atoms with Crippen LogP contribution in [0.15, 0.2) is 41.2 Å². The smallest absolute Gasteiger partial charge is 0.251 e. The molecule has 4 nitrogen and oxygen atoms in total. The van der Waals surface area contributed by atoms with E-state index in [9.17, 15) is 9.90 Å². The predicted octanol–water partition coefficient (Wildman–Crippen LogP) is 0.321. The van der Waals surface area contributed by atoms with Gasteiger partial charge in [-0.05, 0) is 17.5 Å². The number of fused-ring (bicyclic) bond motifs is 1. The molecule has 0 aliphatic carbocycles. The van der Waals surface area contributed by atoms with Crippen molar-refractivity contribution in [1.82, 2.24) is 4.57 Å². The molecule has 1 aromatic carbocycles. The van der Waals surface area contributed by atoms with Crippen LogP contribution in [0.2, 0.25) is 0 Å². The number of hydrogen-bond acceptors (Lipinski definition) is 3. The van der Waals surface area contributed by atoms with Gasteiger partial charge in [-0.1, -0.05) is 18.2 Å². The summed E-state index contributed by atoms with van der Waals surface area (Å²) < 4.78 is 1.55. The third kappa shape index (κ3) is 1.98. The molecule has 3 N–H and O–H groups in total. The summed E-state index contributed by atoms with van der Waals surface area (Å²) in [5.41, 5.74) is 6.05. The number of aliphatic hydroxyl groups is 1. The summed E-state index contributed by atoms with van der Waals surface area (Å²) in [5, 5.41) is 10.5. The molecule has 2 rings (SSSR count). The van der Waals surface area contributed by atoms with E-state index in [-0.39, 0.29) is 18.6 Å². The molecular formula is C12H14N2O2. The van der Waals surface area contributed by atoms with E-state index in [1.807, 2.05) is 24.3 Å². The maximum Gasteiger partial charge on any atom is 0.251 e. The van der Waals surface area contributed by atoms with Crippen LogP contribution in [0.5, 0.6) is 0 Å². The van der Waals surface area contributed by atoms with E-state index in [1.54, 1.807) is 10.6 Å². The van der Waals surface area contributed by atoms with E-state index in [0.717, 1.165) is 10.9 Å². The summed E-state index contributed by atoms with van der Waals surface area (Å²) in [4.78, 5) is 11.7. The van der Waals surface area contributed by atoms with Crippen LogP contribution in [0.1, 0.15) is 0 Å². The summed E-state index contributed by atoms with van der Waals surface area (Å²) in [7, 11) is 0. The Morgan fingerprint density at radius 2 is 2.00 bits per heavy atom. The number of rotatable bonds is 3. The number of nitrogens with zero attached hydrogens (tertiary/aromatic N) is 1. The summed E-state index contributed by atoms with van der Waals surface area (Å²) in [6.45, 7) is 0.381. The van der Waals surface area contributed by atoms with Crippen molar-refractivity contribution in [3.8, 4) is 0 Å². The van der Waals surface area contributed by atoms with Crippen LogP contribution in [-0.4, -0.2) is 22.3 Å². The molecule has 0 saturated carbocycles. The number of benzene rings is 1. The number of pyridine rings is 1. The van der Waals surface area contributed by atoms with Gasteiger partial charge in [-0.25, -0.2) is 0 Å². The first kappa shape index (κ1) is 10.9. The van der Waals surface area contributed by atoms with E-state index in [4.69, 9.17) is 5.73 Å². The maximum absolute atomic E-state index is 11.7. The van der Waals surface area contributed by atoms with Gasteiger partial charge in [0.1, 0.15) is 0 Å². The van der Waals surface area contributed by atoms with Crippen molar-refractivity contribution in [1.29, 1.82) is 0 Å². The quantitative estimate of drug-likeness (QED) is 0.779. The van der Waals surface area contributed by atoms with Crippen molar-refractivity contribution < 1.29 is 5.11 Å². The third-order valence-electron chi connectivity index (χ3n) is 2.56. The fraction of sp³-hybridized carbons (Fsp3) is 0.250. The average Bonchev–Trinajstić information content (AvgIpc) is 2.32. The lowest BCUT2D eigenvalue weighted by Crippen LogP contribution is -2.30. The highest BCUT2D eigenvalue weighted by Crippen LogP contribution is 2.11. The topological polar surface area (TPSA) is 68.2 Å². The molecule has 0 saturated heterocycles. The largest absolute Gasteiger partial charge is 0.390 e. The maximum atomic E-state index is 11.7. The second-order valence-corrected chi connectivity index (χ2v) is 3.73. The van der Waals surface area contributed by atoms with Gasteiger partial charge in [-0.2, -0.15) is 0 Å².